The Balaban J connectivity index is 2.83. The zero-order chi connectivity index (χ0) is 12.3. The topological polar surface area (TPSA) is 52.6 Å². The zero-order valence-corrected chi connectivity index (χ0v) is 10.2. The predicted octanol–water partition coefficient (Wildman–Crippen LogP) is 1.84. The summed E-state index contributed by atoms with van der Waals surface area (Å²) < 4.78 is 10.3. The van der Waals surface area contributed by atoms with Crippen LogP contribution in [0.2, 0.25) is 0 Å². The molecule has 4 heteroatoms. The van der Waals surface area contributed by atoms with Crippen molar-refractivity contribution in [2.24, 2.45) is 5.92 Å². The highest BCUT2D eigenvalue weighted by Crippen LogP contribution is 2.31. The van der Waals surface area contributed by atoms with Gasteiger partial charge in [-0.2, -0.15) is 0 Å². The number of ketones is 1. The average Bonchev–Trinajstić information content (AvgIpc) is 2.17. The van der Waals surface area contributed by atoms with E-state index in [9.17, 15) is 9.59 Å². The third kappa shape index (κ3) is 2.43. The number of carbonyl (C=O) groups excluding carboxylic acids is 2. The maximum atomic E-state index is 11.8. The van der Waals surface area contributed by atoms with E-state index in [0.29, 0.717) is 0 Å². The lowest BCUT2D eigenvalue weighted by molar-refractivity contribution is -0.142. The molecule has 4 nitrogen and oxygen atoms in total. The van der Waals surface area contributed by atoms with Crippen LogP contribution in [-0.2, 0) is 19.1 Å². The smallest absolute Gasteiger partial charge is 0.344 e. The van der Waals surface area contributed by atoms with Gasteiger partial charge in [0, 0.05) is 0 Å². The van der Waals surface area contributed by atoms with Gasteiger partial charge in [-0.3, -0.25) is 4.79 Å². The van der Waals surface area contributed by atoms with Crippen molar-refractivity contribution in [2.75, 3.05) is 6.61 Å². The molecule has 0 N–H and O–H groups in total. The van der Waals surface area contributed by atoms with Gasteiger partial charge in [-0.25, -0.2) is 4.79 Å². The summed E-state index contributed by atoms with van der Waals surface area (Å²) in [5.41, 5.74) is -0.507. The molecule has 1 atom stereocenters. The lowest BCUT2D eigenvalue weighted by Crippen LogP contribution is -2.40. The summed E-state index contributed by atoms with van der Waals surface area (Å²) in [7, 11) is 0. The summed E-state index contributed by atoms with van der Waals surface area (Å²) in [6.45, 7) is 7.79. The Morgan fingerprint density at radius 1 is 1.62 bits per heavy atom. The maximum absolute atomic E-state index is 11.8. The van der Waals surface area contributed by atoms with Crippen LogP contribution in [0.5, 0.6) is 0 Å². The predicted molar refractivity (Wildman–Crippen MR) is 58.7 cm³/mol. The molecule has 0 aromatic heterocycles. The summed E-state index contributed by atoms with van der Waals surface area (Å²) in [6, 6.07) is 0. The first-order chi connectivity index (χ1) is 7.40. The monoisotopic (exact) mass is 226 g/mol. The Morgan fingerprint density at radius 3 is 2.69 bits per heavy atom. The van der Waals surface area contributed by atoms with Crippen LogP contribution in [0.1, 0.15) is 34.1 Å². The summed E-state index contributed by atoms with van der Waals surface area (Å²) in [5, 5.41) is 0. The third-order valence-electron chi connectivity index (χ3n) is 2.97. The fourth-order valence-electron chi connectivity index (χ4n) is 1.43. The quantitative estimate of drug-likeness (QED) is 0.544. The average molecular weight is 226 g/mol. The van der Waals surface area contributed by atoms with E-state index < -0.39 is 11.6 Å². The second-order valence-corrected chi connectivity index (χ2v) is 4.44. The lowest BCUT2D eigenvalue weighted by Gasteiger charge is -2.35. The molecule has 0 amide bonds. The molecule has 0 bridgehead atoms. The molecule has 0 aromatic rings. The number of hydrogen-bond acceptors (Lipinski definition) is 4. The van der Waals surface area contributed by atoms with Crippen LogP contribution < -0.4 is 0 Å². The number of ether oxygens (including phenoxy) is 2. The maximum Gasteiger partial charge on any atom is 0.344 e. The molecular formula is C12H18O4. The molecule has 1 aliphatic rings. The molecule has 0 spiro atoms. The van der Waals surface area contributed by atoms with E-state index in [-0.39, 0.29) is 30.3 Å². The van der Waals surface area contributed by atoms with Crippen LogP contribution in [0.15, 0.2) is 11.8 Å². The normalized spacial score (nSPS) is 25.1. The second-order valence-electron chi connectivity index (χ2n) is 4.44. The lowest BCUT2D eigenvalue weighted by atomic mass is 9.84. The Morgan fingerprint density at radius 2 is 2.25 bits per heavy atom. The first-order valence-electron chi connectivity index (χ1n) is 5.49. The molecule has 1 aliphatic heterocycles. The number of carbonyl (C=O) groups is 2. The molecule has 90 valence electrons. The van der Waals surface area contributed by atoms with E-state index in [1.807, 2.05) is 20.8 Å². The molecule has 0 radical (unpaired) electrons. The van der Waals surface area contributed by atoms with Crippen LogP contribution in [0, 0.1) is 5.92 Å². The molecule has 0 aromatic carbocycles. The molecule has 16 heavy (non-hydrogen) atoms. The minimum absolute atomic E-state index is 0.0139. The van der Waals surface area contributed by atoms with Gasteiger partial charge in [0.25, 0.3) is 0 Å². The van der Waals surface area contributed by atoms with Crippen molar-refractivity contribution in [3.63, 3.8) is 0 Å². The van der Waals surface area contributed by atoms with Crippen LogP contribution in [0.3, 0.4) is 0 Å². The standard InChI is InChI=1S/C12H18O4/c1-5-15-11(14)9-7-16-12(4,8(2)3)6-10(9)13/h7-8H,5-6H2,1-4H3. The Labute approximate surface area is 95.6 Å². The molecular weight excluding hydrogens is 208 g/mol. The van der Waals surface area contributed by atoms with E-state index >= 15 is 0 Å². The fraction of sp³-hybridized carbons (Fsp3) is 0.667. The van der Waals surface area contributed by atoms with Crippen molar-refractivity contribution >= 4 is 11.8 Å². The van der Waals surface area contributed by atoms with Gasteiger partial charge in [0.15, 0.2) is 5.78 Å². The van der Waals surface area contributed by atoms with E-state index in [2.05, 4.69) is 0 Å². The van der Waals surface area contributed by atoms with Gasteiger partial charge in [-0.1, -0.05) is 13.8 Å². The largest absolute Gasteiger partial charge is 0.493 e. The van der Waals surface area contributed by atoms with Crippen LogP contribution >= 0.6 is 0 Å². The zero-order valence-electron chi connectivity index (χ0n) is 10.2. The van der Waals surface area contributed by atoms with Crippen molar-refractivity contribution in [1.29, 1.82) is 0 Å². The Bertz CT molecular complexity index is 330. The highest BCUT2D eigenvalue weighted by Gasteiger charge is 2.39. The van der Waals surface area contributed by atoms with E-state index in [1.165, 1.54) is 6.26 Å². The fourth-order valence-corrected chi connectivity index (χ4v) is 1.43. The van der Waals surface area contributed by atoms with Gasteiger partial charge < -0.3 is 9.47 Å². The number of Topliss-reactive ketones (excluding diaryl/α,β-unsaturated/α-hetero) is 1. The van der Waals surface area contributed by atoms with Gasteiger partial charge in [0.1, 0.15) is 17.4 Å². The van der Waals surface area contributed by atoms with Crippen molar-refractivity contribution < 1.29 is 19.1 Å². The van der Waals surface area contributed by atoms with Crippen LogP contribution in [0.25, 0.3) is 0 Å². The number of rotatable bonds is 3. The highest BCUT2D eigenvalue weighted by molar-refractivity contribution is 6.17. The SMILES string of the molecule is CCOC(=O)C1=COC(C)(C(C)C)CC1=O. The summed E-state index contributed by atoms with van der Waals surface area (Å²) in [5.74, 6) is -0.601. The Kier molecular flexibility index (Phi) is 3.73. The Hall–Kier alpha value is -1.32. The molecule has 0 fully saturated rings. The second kappa shape index (κ2) is 4.68. The van der Waals surface area contributed by atoms with Gasteiger partial charge in [0.2, 0.25) is 0 Å². The van der Waals surface area contributed by atoms with Crippen molar-refractivity contribution in [3.05, 3.63) is 11.8 Å². The van der Waals surface area contributed by atoms with Crippen molar-refractivity contribution in [1.82, 2.24) is 0 Å². The van der Waals surface area contributed by atoms with E-state index in [0.717, 1.165) is 0 Å². The molecule has 1 rings (SSSR count). The van der Waals surface area contributed by atoms with Gasteiger partial charge in [-0.05, 0) is 19.8 Å². The van der Waals surface area contributed by atoms with Crippen molar-refractivity contribution in [3.8, 4) is 0 Å². The summed E-state index contributed by atoms with van der Waals surface area (Å²) in [4.78, 5) is 23.2. The molecule has 0 saturated carbocycles. The van der Waals surface area contributed by atoms with Crippen molar-refractivity contribution in [2.45, 2.75) is 39.7 Å². The van der Waals surface area contributed by atoms with Crippen LogP contribution in [0.4, 0.5) is 0 Å². The minimum atomic E-state index is -0.599. The third-order valence-corrected chi connectivity index (χ3v) is 2.97. The van der Waals surface area contributed by atoms with Gasteiger partial charge in [0.05, 0.1) is 13.0 Å². The van der Waals surface area contributed by atoms with E-state index in [4.69, 9.17) is 9.47 Å². The summed E-state index contributed by atoms with van der Waals surface area (Å²) >= 11 is 0. The molecule has 1 unspecified atom stereocenters. The van der Waals surface area contributed by atoms with Gasteiger partial charge in [-0.15, -0.1) is 0 Å². The first-order valence-corrected chi connectivity index (χ1v) is 5.49. The minimum Gasteiger partial charge on any atom is -0.493 e. The van der Waals surface area contributed by atoms with Gasteiger partial charge >= 0.3 is 5.97 Å². The molecule has 1 heterocycles. The highest BCUT2D eigenvalue weighted by atomic mass is 16.5. The number of hydrogen-bond donors (Lipinski definition) is 0. The summed E-state index contributed by atoms with van der Waals surface area (Å²) in [6.07, 6.45) is 1.46. The number of esters is 1. The molecule has 0 saturated heterocycles. The first kappa shape index (κ1) is 12.7. The van der Waals surface area contributed by atoms with E-state index in [1.54, 1.807) is 6.92 Å². The molecule has 0 aliphatic carbocycles. The van der Waals surface area contributed by atoms with Crippen LogP contribution in [-0.4, -0.2) is 24.0 Å².